The molecule has 1 aromatic rings. The lowest BCUT2D eigenvalue weighted by molar-refractivity contribution is -0.138. The summed E-state index contributed by atoms with van der Waals surface area (Å²) in [6.45, 7) is 1.68. The SMILES string of the molecule is CSCCCNC(=O)C1CCC(=O)N(Cc2ccccn2)C1. The van der Waals surface area contributed by atoms with Crippen LogP contribution < -0.4 is 5.32 Å². The van der Waals surface area contributed by atoms with Crippen molar-refractivity contribution in [2.75, 3.05) is 25.1 Å². The Balaban J connectivity index is 1.85. The third-order valence-corrected chi connectivity index (χ3v) is 4.47. The van der Waals surface area contributed by atoms with Crippen LogP contribution >= 0.6 is 11.8 Å². The van der Waals surface area contributed by atoms with E-state index in [4.69, 9.17) is 0 Å². The van der Waals surface area contributed by atoms with Crippen molar-refractivity contribution in [3.63, 3.8) is 0 Å². The zero-order valence-corrected chi connectivity index (χ0v) is 13.8. The first kappa shape index (κ1) is 16.8. The lowest BCUT2D eigenvalue weighted by Gasteiger charge is -2.31. The van der Waals surface area contributed by atoms with Crippen LogP contribution in [0.1, 0.15) is 25.0 Å². The molecular formula is C16H23N3O2S. The number of likely N-dealkylation sites (tertiary alicyclic amines) is 1. The van der Waals surface area contributed by atoms with Crippen molar-refractivity contribution >= 4 is 23.6 Å². The molecule has 1 aliphatic heterocycles. The number of carbonyl (C=O) groups excluding carboxylic acids is 2. The topological polar surface area (TPSA) is 62.3 Å². The van der Waals surface area contributed by atoms with Gasteiger partial charge in [0.2, 0.25) is 11.8 Å². The molecule has 0 radical (unpaired) electrons. The Morgan fingerprint density at radius 2 is 2.36 bits per heavy atom. The number of hydrogen-bond acceptors (Lipinski definition) is 4. The average molecular weight is 321 g/mol. The highest BCUT2D eigenvalue weighted by Crippen LogP contribution is 2.19. The standard InChI is InChI=1S/C16H23N3O2S/c1-22-10-4-9-18-16(21)13-6-7-15(20)19(11-13)12-14-5-2-3-8-17-14/h2-3,5,8,13H,4,6-7,9-12H2,1H3,(H,18,21). The predicted molar refractivity (Wildman–Crippen MR) is 88.4 cm³/mol. The van der Waals surface area contributed by atoms with Crippen LogP contribution in [0.3, 0.4) is 0 Å². The van der Waals surface area contributed by atoms with Crippen LogP contribution in [0, 0.1) is 5.92 Å². The molecule has 0 aromatic carbocycles. The van der Waals surface area contributed by atoms with E-state index in [9.17, 15) is 9.59 Å². The van der Waals surface area contributed by atoms with E-state index in [1.54, 1.807) is 22.9 Å². The maximum absolute atomic E-state index is 12.2. The number of aromatic nitrogens is 1. The van der Waals surface area contributed by atoms with Crippen molar-refractivity contribution in [1.82, 2.24) is 15.2 Å². The molecule has 1 N–H and O–H groups in total. The summed E-state index contributed by atoms with van der Waals surface area (Å²) in [6, 6.07) is 5.67. The normalized spacial score (nSPS) is 18.3. The molecule has 0 bridgehead atoms. The first-order valence-electron chi connectivity index (χ1n) is 7.65. The molecule has 2 rings (SSSR count). The van der Waals surface area contributed by atoms with Crippen molar-refractivity contribution in [2.45, 2.75) is 25.8 Å². The maximum atomic E-state index is 12.2. The Morgan fingerprint density at radius 1 is 1.50 bits per heavy atom. The number of thioether (sulfide) groups is 1. The lowest BCUT2D eigenvalue weighted by atomic mass is 9.96. The second-order valence-electron chi connectivity index (χ2n) is 5.47. The fourth-order valence-electron chi connectivity index (χ4n) is 2.54. The fourth-order valence-corrected chi connectivity index (χ4v) is 2.97. The molecule has 1 aliphatic rings. The highest BCUT2D eigenvalue weighted by Gasteiger charge is 2.30. The summed E-state index contributed by atoms with van der Waals surface area (Å²) >= 11 is 1.78. The van der Waals surface area contributed by atoms with Gasteiger partial charge in [0.1, 0.15) is 0 Å². The van der Waals surface area contributed by atoms with Gasteiger partial charge in [-0.25, -0.2) is 0 Å². The molecule has 1 saturated heterocycles. The van der Waals surface area contributed by atoms with Crippen LogP contribution in [0.2, 0.25) is 0 Å². The lowest BCUT2D eigenvalue weighted by Crippen LogP contribution is -2.45. The van der Waals surface area contributed by atoms with E-state index in [1.807, 2.05) is 18.2 Å². The van der Waals surface area contributed by atoms with Crippen molar-refractivity contribution in [1.29, 1.82) is 0 Å². The zero-order chi connectivity index (χ0) is 15.8. The molecule has 1 aromatic heterocycles. The molecule has 2 heterocycles. The molecular weight excluding hydrogens is 298 g/mol. The van der Waals surface area contributed by atoms with Crippen LogP contribution in [0.5, 0.6) is 0 Å². The summed E-state index contributed by atoms with van der Waals surface area (Å²) in [5, 5.41) is 2.98. The molecule has 22 heavy (non-hydrogen) atoms. The van der Waals surface area contributed by atoms with Gasteiger partial charge < -0.3 is 10.2 Å². The highest BCUT2D eigenvalue weighted by atomic mass is 32.2. The first-order valence-corrected chi connectivity index (χ1v) is 9.04. The van der Waals surface area contributed by atoms with Gasteiger partial charge in [-0.2, -0.15) is 11.8 Å². The minimum atomic E-state index is -0.101. The molecule has 1 atom stereocenters. The number of nitrogens with zero attached hydrogens (tertiary/aromatic N) is 2. The van der Waals surface area contributed by atoms with E-state index in [1.165, 1.54) is 0 Å². The van der Waals surface area contributed by atoms with Gasteiger partial charge in [-0.3, -0.25) is 14.6 Å². The number of amides is 2. The summed E-state index contributed by atoms with van der Waals surface area (Å²) in [6.07, 6.45) is 5.85. The van der Waals surface area contributed by atoms with Crippen LogP contribution in [-0.2, 0) is 16.1 Å². The molecule has 0 aliphatic carbocycles. The second-order valence-corrected chi connectivity index (χ2v) is 6.45. The summed E-state index contributed by atoms with van der Waals surface area (Å²) in [4.78, 5) is 30.2. The number of nitrogens with one attached hydrogen (secondary N) is 1. The van der Waals surface area contributed by atoms with E-state index in [2.05, 4.69) is 16.6 Å². The quantitative estimate of drug-likeness (QED) is 0.776. The Labute approximate surface area is 135 Å². The van der Waals surface area contributed by atoms with Gasteiger partial charge >= 0.3 is 0 Å². The number of pyridine rings is 1. The van der Waals surface area contributed by atoms with Gasteiger partial charge in [-0.15, -0.1) is 0 Å². The maximum Gasteiger partial charge on any atom is 0.224 e. The molecule has 5 nitrogen and oxygen atoms in total. The van der Waals surface area contributed by atoms with E-state index in [-0.39, 0.29) is 17.7 Å². The number of hydrogen-bond donors (Lipinski definition) is 1. The number of carbonyl (C=O) groups is 2. The number of rotatable bonds is 7. The summed E-state index contributed by atoms with van der Waals surface area (Å²) in [7, 11) is 0. The van der Waals surface area contributed by atoms with Gasteiger partial charge in [0.15, 0.2) is 0 Å². The Morgan fingerprint density at radius 3 is 3.09 bits per heavy atom. The molecule has 0 spiro atoms. The van der Waals surface area contributed by atoms with Crippen molar-refractivity contribution in [3.8, 4) is 0 Å². The predicted octanol–water partition coefficient (Wildman–Crippen LogP) is 1.69. The van der Waals surface area contributed by atoms with Crippen LogP contribution in [0.4, 0.5) is 0 Å². The van der Waals surface area contributed by atoms with E-state index < -0.39 is 0 Å². The van der Waals surface area contributed by atoms with Crippen LogP contribution in [0.25, 0.3) is 0 Å². The van der Waals surface area contributed by atoms with Gasteiger partial charge in [0.05, 0.1) is 18.2 Å². The average Bonchev–Trinajstić information content (AvgIpc) is 2.54. The molecule has 0 saturated carbocycles. The molecule has 120 valence electrons. The van der Waals surface area contributed by atoms with Crippen molar-refractivity contribution in [3.05, 3.63) is 30.1 Å². The summed E-state index contributed by atoms with van der Waals surface area (Å²) in [5.41, 5.74) is 0.858. The third-order valence-electron chi connectivity index (χ3n) is 3.77. The molecule has 1 fully saturated rings. The van der Waals surface area contributed by atoms with E-state index in [0.29, 0.717) is 32.5 Å². The zero-order valence-electron chi connectivity index (χ0n) is 13.0. The van der Waals surface area contributed by atoms with Crippen LogP contribution in [-0.4, -0.2) is 46.8 Å². The monoisotopic (exact) mass is 321 g/mol. The third kappa shape index (κ3) is 5.02. The molecule has 1 unspecified atom stereocenters. The fraction of sp³-hybridized carbons (Fsp3) is 0.562. The smallest absolute Gasteiger partial charge is 0.224 e. The Kier molecular flexibility index (Phi) is 6.71. The Hall–Kier alpha value is -1.56. The van der Waals surface area contributed by atoms with Gasteiger partial charge in [0, 0.05) is 25.7 Å². The largest absolute Gasteiger partial charge is 0.356 e. The van der Waals surface area contributed by atoms with Crippen LogP contribution in [0.15, 0.2) is 24.4 Å². The minimum absolute atomic E-state index is 0.0691. The van der Waals surface area contributed by atoms with E-state index >= 15 is 0 Å². The first-order chi connectivity index (χ1) is 10.7. The highest BCUT2D eigenvalue weighted by molar-refractivity contribution is 7.98. The van der Waals surface area contributed by atoms with Crippen molar-refractivity contribution in [2.24, 2.45) is 5.92 Å². The van der Waals surface area contributed by atoms with Gasteiger partial charge in [-0.05, 0) is 37.0 Å². The second kappa shape index (κ2) is 8.78. The minimum Gasteiger partial charge on any atom is -0.356 e. The van der Waals surface area contributed by atoms with Gasteiger partial charge in [-0.1, -0.05) is 6.07 Å². The molecule has 6 heteroatoms. The Bertz CT molecular complexity index is 495. The molecule has 2 amide bonds. The van der Waals surface area contributed by atoms with E-state index in [0.717, 1.165) is 17.9 Å². The van der Waals surface area contributed by atoms with Crippen molar-refractivity contribution < 1.29 is 9.59 Å². The van der Waals surface area contributed by atoms with Gasteiger partial charge in [0.25, 0.3) is 0 Å². The summed E-state index contributed by atoms with van der Waals surface area (Å²) < 4.78 is 0. The number of piperidine rings is 1. The summed E-state index contributed by atoms with van der Waals surface area (Å²) in [5.74, 6) is 1.13.